The Kier molecular flexibility index (Phi) is 12.3. The van der Waals surface area contributed by atoms with E-state index < -0.39 is 69.1 Å². The van der Waals surface area contributed by atoms with Crippen LogP contribution in [0.25, 0.3) is 0 Å². The Morgan fingerprint density at radius 3 is 1.30 bits per heavy atom. The topological polar surface area (TPSA) is 24.1 Å². The predicted octanol–water partition coefficient (Wildman–Crippen LogP) is 12.4. The van der Waals surface area contributed by atoms with Crippen LogP contribution >= 0.6 is 33.0 Å². The van der Waals surface area contributed by atoms with Gasteiger partial charge in [0.25, 0.3) is 0 Å². The second-order valence-corrected chi connectivity index (χ2v) is 23.1. The minimum absolute atomic E-state index is 0.0359. The molecule has 0 fully saturated rings. The first-order chi connectivity index (χ1) is 25.9. The van der Waals surface area contributed by atoms with Crippen molar-refractivity contribution < 1.29 is 52.7 Å². The van der Waals surface area contributed by atoms with Crippen LogP contribution in [0.5, 0.6) is 0 Å². The summed E-state index contributed by atoms with van der Waals surface area (Å²) in [5.74, 6) is 0. The monoisotopic (exact) mass is 896 g/mol. The molecule has 0 aliphatic rings. The number of benzene rings is 5. The third-order valence-corrected chi connectivity index (χ3v) is 18.5. The normalized spacial score (nSPS) is 14.1. The molecular weight excluding hydrogens is 867 g/mol. The Bertz CT molecular complexity index is 2040. The fraction of sp³-hybridized carbons (Fsp3) is 0.205. The zero-order chi connectivity index (χ0) is 41.2. The summed E-state index contributed by atoms with van der Waals surface area (Å²) in [7, 11) is 0. The predicted molar refractivity (Wildman–Crippen MR) is 203 cm³/mol. The molecule has 17 heteroatoms. The van der Waals surface area contributed by atoms with Crippen molar-refractivity contribution in [2.45, 2.75) is 43.3 Å². The van der Waals surface area contributed by atoms with Crippen molar-refractivity contribution in [2.24, 2.45) is 0 Å². The van der Waals surface area contributed by atoms with Crippen LogP contribution in [0, 0.1) is 0 Å². The van der Waals surface area contributed by atoms with Gasteiger partial charge in [-0.15, -0.1) is 0 Å². The number of rotatable bonds is 10. The number of hydrogen-bond acceptors (Lipinski definition) is 1. The van der Waals surface area contributed by atoms with Gasteiger partial charge in [-0.25, -0.2) is 0 Å². The van der Waals surface area contributed by atoms with E-state index in [1.807, 2.05) is 0 Å². The molecule has 5 aromatic rings. The van der Waals surface area contributed by atoms with Crippen LogP contribution < -0.4 is 21.2 Å². The van der Waals surface area contributed by atoms with E-state index in [-0.39, 0.29) is 36.4 Å². The van der Waals surface area contributed by atoms with Gasteiger partial charge in [0, 0.05) is 0 Å². The van der Waals surface area contributed by atoms with E-state index in [4.69, 9.17) is 12.2 Å². The van der Waals surface area contributed by atoms with Gasteiger partial charge in [-0.1, -0.05) is 0 Å². The molecule has 1 atom stereocenters. The SMILES string of the molecule is FC(F)(F)c1cc(CP(Br)(C[C@H](Cc2ccccc2)NC(=S)Nc2cc(C(F)(F)F)cc(C(F)(F)F)c2)(c2ccccc2)c2ccccc2)cc(C(F)(F)F)c1. The molecule has 0 aliphatic heterocycles. The number of hydrogen-bond donors (Lipinski definition) is 2. The molecule has 5 rings (SSSR count). The molecule has 298 valence electrons. The molecule has 0 spiro atoms. The molecule has 0 aromatic heterocycles. The van der Waals surface area contributed by atoms with Crippen molar-refractivity contribution in [1.82, 2.24) is 5.32 Å². The number of thiocarbonyl (C=S) groups is 1. The van der Waals surface area contributed by atoms with Crippen molar-refractivity contribution in [3.05, 3.63) is 161 Å². The summed E-state index contributed by atoms with van der Waals surface area (Å²) >= 11 is 9.52. The van der Waals surface area contributed by atoms with E-state index in [1.165, 1.54) is 0 Å². The molecule has 5 aromatic carbocycles. The first-order valence-electron chi connectivity index (χ1n) is 16.5. The number of anilines is 1. The number of halogens is 13. The van der Waals surface area contributed by atoms with Gasteiger partial charge < -0.3 is 0 Å². The Morgan fingerprint density at radius 1 is 0.536 bits per heavy atom. The summed E-state index contributed by atoms with van der Waals surface area (Å²) in [6.07, 6.45) is -20.9. The molecule has 2 N–H and O–H groups in total. The Balaban J connectivity index is 1.69. The van der Waals surface area contributed by atoms with Gasteiger partial charge in [-0.2, -0.15) is 0 Å². The van der Waals surface area contributed by atoms with Crippen molar-refractivity contribution in [1.29, 1.82) is 0 Å². The molecule has 0 heterocycles. The Hall–Kier alpha value is -4.14. The van der Waals surface area contributed by atoms with Crippen LogP contribution in [0.4, 0.5) is 58.4 Å². The number of alkyl halides is 12. The maximum absolute atomic E-state index is 14.1. The number of nitrogens with one attached hydrogen (secondary N) is 2. The fourth-order valence-corrected chi connectivity index (χ4v) is 15.2. The molecule has 56 heavy (non-hydrogen) atoms. The van der Waals surface area contributed by atoms with Gasteiger partial charge in [0.15, 0.2) is 0 Å². The van der Waals surface area contributed by atoms with E-state index >= 15 is 0 Å². The van der Waals surface area contributed by atoms with Gasteiger partial charge in [0.1, 0.15) is 0 Å². The molecule has 0 saturated carbocycles. The zero-order valence-electron chi connectivity index (χ0n) is 28.6. The standard InChI is InChI=1S/C39H30BrF12N2PS/c40-55(33-12-6-2-7-13-33,34-14-8-3-9-15-34,23-26-16-27(36(41,42)43)19-28(17-26)37(44,45)46)24-32(18-25-10-4-1-5-11-25)54-35(56)53-31-21-29(38(47,48)49)20-30(22-31)39(50,51)52/h1-17,19-22,32H,18,23-24H2,(H2,53,54,56)/t32-/m0/s1. The first kappa shape index (κ1) is 43.0. The van der Waals surface area contributed by atoms with Crippen LogP contribution in [-0.2, 0) is 37.3 Å². The van der Waals surface area contributed by atoms with Gasteiger partial charge in [-0.3, -0.25) is 0 Å². The van der Waals surface area contributed by atoms with Crippen molar-refractivity contribution in [3.8, 4) is 0 Å². The van der Waals surface area contributed by atoms with Crippen molar-refractivity contribution in [3.63, 3.8) is 0 Å². The van der Waals surface area contributed by atoms with E-state index in [2.05, 4.69) is 26.1 Å². The molecule has 0 saturated heterocycles. The first-order valence-corrected chi connectivity index (χ1v) is 21.5. The Morgan fingerprint density at radius 2 is 0.911 bits per heavy atom. The maximum atomic E-state index is 14.1. The molecule has 2 nitrogen and oxygen atoms in total. The van der Waals surface area contributed by atoms with E-state index in [0.29, 0.717) is 40.4 Å². The molecule has 0 unspecified atom stereocenters. The van der Waals surface area contributed by atoms with Crippen LogP contribution in [0.2, 0.25) is 0 Å². The van der Waals surface area contributed by atoms with Crippen LogP contribution in [0.15, 0.2) is 127 Å². The van der Waals surface area contributed by atoms with Crippen LogP contribution in [0.3, 0.4) is 0 Å². The molecule has 0 aliphatic carbocycles. The fourth-order valence-electron chi connectivity index (χ4n) is 6.54. The van der Waals surface area contributed by atoms with Crippen LogP contribution in [0.1, 0.15) is 33.4 Å². The average molecular weight is 898 g/mol. The van der Waals surface area contributed by atoms with Crippen LogP contribution in [-0.4, -0.2) is 17.3 Å². The average Bonchev–Trinajstić information content (AvgIpc) is 3.11. The van der Waals surface area contributed by atoms with Gasteiger partial charge in [0.05, 0.1) is 0 Å². The zero-order valence-corrected chi connectivity index (χ0v) is 31.9. The summed E-state index contributed by atoms with van der Waals surface area (Å²) < 4.78 is 167. The minimum atomic E-state index is -5.14. The van der Waals surface area contributed by atoms with Crippen molar-refractivity contribution >= 4 is 54.4 Å². The molecular formula is C39H30BrF12N2PS. The summed E-state index contributed by atoms with van der Waals surface area (Å²) in [6, 6.07) is 26.8. The molecule has 0 radical (unpaired) electrons. The van der Waals surface area contributed by atoms with Gasteiger partial charge in [0.2, 0.25) is 0 Å². The summed E-state index contributed by atoms with van der Waals surface area (Å²) in [6.45, 7) is 0. The second-order valence-electron chi connectivity index (χ2n) is 13.1. The molecule has 0 amide bonds. The third kappa shape index (κ3) is 10.2. The van der Waals surface area contributed by atoms with E-state index in [1.54, 1.807) is 91.0 Å². The van der Waals surface area contributed by atoms with E-state index in [9.17, 15) is 52.7 Å². The van der Waals surface area contributed by atoms with E-state index in [0.717, 1.165) is 0 Å². The second kappa shape index (κ2) is 16.0. The summed E-state index contributed by atoms with van der Waals surface area (Å²) in [4.78, 5) is 0. The van der Waals surface area contributed by atoms with Gasteiger partial charge in [-0.05, 0) is 0 Å². The quantitative estimate of drug-likeness (QED) is 0.0830. The third-order valence-electron chi connectivity index (χ3n) is 8.96. The summed E-state index contributed by atoms with van der Waals surface area (Å²) in [5, 5.41) is 1.80. The molecule has 0 bridgehead atoms. The Labute approximate surface area is 327 Å². The van der Waals surface area contributed by atoms with Crippen molar-refractivity contribution in [2.75, 3.05) is 11.5 Å². The summed E-state index contributed by atoms with van der Waals surface area (Å²) in [5.41, 5.74) is -6.43. The van der Waals surface area contributed by atoms with Gasteiger partial charge >= 0.3 is 328 Å².